The third-order valence-corrected chi connectivity index (χ3v) is 8.33. The Morgan fingerprint density at radius 1 is 1.15 bits per heavy atom. The highest BCUT2D eigenvalue weighted by Gasteiger charge is 2.42. The number of fused-ring (bicyclic) bond motifs is 3. The lowest BCUT2D eigenvalue weighted by atomic mass is 9.98. The van der Waals surface area contributed by atoms with Gasteiger partial charge in [-0.15, -0.1) is 22.7 Å². The van der Waals surface area contributed by atoms with E-state index < -0.39 is 18.1 Å². The Hall–Kier alpha value is -3.66. The van der Waals surface area contributed by atoms with Gasteiger partial charge in [0.2, 0.25) is 0 Å². The van der Waals surface area contributed by atoms with Gasteiger partial charge < -0.3 is 10.0 Å². The maximum Gasteiger partial charge on any atom is 0.323 e. The molecule has 164 valence electrons. The molecular formula is C24H18N4O3S2. The first-order valence-corrected chi connectivity index (χ1v) is 12.1. The number of thiophene rings is 1. The molecule has 0 saturated heterocycles. The average molecular weight is 475 g/mol. The fraction of sp³-hybridized carbons (Fsp3) is 0.250. The number of hydrogen-bond acceptors (Lipinski definition) is 7. The Balaban J connectivity index is 1.59. The van der Waals surface area contributed by atoms with Crippen LogP contribution in [-0.4, -0.2) is 21.7 Å². The molecule has 5 rings (SSSR count). The number of para-hydroxylation sites is 1. The summed E-state index contributed by atoms with van der Waals surface area (Å²) in [5, 5.41) is 28.7. The van der Waals surface area contributed by atoms with E-state index in [1.165, 1.54) is 24.1 Å². The van der Waals surface area contributed by atoms with Crippen LogP contribution in [0.15, 0.2) is 41.2 Å². The number of hydrogen-bond donors (Lipinski definition) is 1. The summed E-state index contributed by atoms with van der Waals surface area (Å²) < 4.78 is 1.34. The lowest BCUT2D eigenvalue weighted by molar-refractivity contribution is -0.137. The molecule has 2 unspecified atom stereocenters. The predicted molar refractivity (Wildman–Crippen MR) is 127 cm³/mol. The van der Waals surface area contributed by atoms with Crippen LogP contribution in [0.5, 0.6) is 0 Å². The minimum absolute atomic E-state index is 0.0673. The van der Waals surface area contributed by atoms with Crippen molar-refractivity contribution in [3.8, 4) is 12.1 Å². The van der Waals surface area contributed by atoms with Crippen molar-refractivity contribution in [1.29, 1.82) is 10.5 Å². The quantitative estimate of drug-likeness (QED) is 0.623. The fourth-order valence-corrected chi connectivity index (χ4v) is 7.02. The number of rotatable bonds is 4. The van der Waals surface area contributed by atoms with Gasteiger partial charge in [0.05, 0.1) is 9.53 Å². The summed E-state index contributed by atoms with van der Waals surface area (Å²) in [7, 11) is 0. The van der Waals surface area contributed by atoms with Crippen LogP contribution in [0.2, 0.25) is 0 Å². The topological polar surface area (TPSA) is 110 Å². The van der Waals surface area contributed by atoms with Gasteiger partial charge >= 0.3 is 5.97 Å². The standard InChI is InChI=1S/C24H18N4O3S2/c25-11-14(12-26)24-27(13-22(29)30)23(31)20(33-24)10-15-8-9-21(32-15)28-18-6-2-1-4-16(18)17-5-3-7-19(17)28/h1-2,4,6,8-10,17,19H,3,5,7,13H2,(H,29,30)/b20-10+. The van der Waals surface area contributed by atoms with Gasteiger partial charge in [-0.2, -0.15) is 10.5 Å². The zero-order chi connectivity index (χ0) is 23.1. The van der Waals surface area contributed by atoms with Crippen molar-refractivity contribution in [2.75, 3.05) is 4.90 Å². The first-order chi connectivity index (χ1) is 16.0. The van der Waals surface area contributed by atoms with E-state index >= 15 is 0 Å². The van der Waals surface area contributed by atoms with Crippen molar-refractivity contribution in [1.82, 2.24) is 4.57 Å². The number of anilines is 2. The fourth-order valence-electron chi connectivity index (χ4n) is 4.88. The SMILES string of the molecule is N#CC(C#N)=c1s/c(=C/c2ccc(N3c4ccccc4C4CCCC43)s2)c(=O)n1CC(=O)O. The summed E-state index contributed by atoms with van der Waals surface area (Å²) in [5.41, 5.74) is 1.85. The number of carboxylic acid groups (broad SMARTS) is 1. The monoisotopic (exact) mass is 474 g/mol. The maximum absolute atomic E-state index is 12.9. The number of benzene rings is 1. The molecule has 7 nitrogen and oxygen atoms in total. The second-order valence-electron chi connectivity index (χ2n) is 8.01. The lowest BCUT2D eigenvalue weighted by Gasteiger charge is -2.25. The molecule has 2 aliphatic rings. The number of nitriles is 2. The van der Waals surface area contributed by atoms with Crippen molar-refractivity contribution in [2.45, 2.75) is 37.8 Å². The van der Waals surface area contributed by atoms with E-state index in [0.717, 1.165) is 32.2 Å². The molecule has 1 aliphatic heterocycles. The second kappa shape index (κ2) is 8.36. The summed E-state index contributed by atoms with van der Waals surface area (Å²) in [5.74, 6) is -0.667. The smallest absolute Gasteiger partial charge is 0.323 e. The van der Waals surface area contributed by atoms with Gasteiger partial charge in [0, 0.05) is 22.5 Å². The molecule has 2 aromatic heterocycles. The molecule has 9 heteroatoms. The number of aliphatic carboxylic acids is 1. The second-order valence-corrected chi connectivity index (χ2v) is 10.1. The zero-order valence-corrected chi connectivity index (χ0v) is 19.0. The number of aromatic nitrogens is 1. The molecule has 33 heavy (non-hydrogen) atoms. The Morgan fingerprint density at radius 2 is 1.94 bits per heavy atom. The van der Waals surface area contributed by atoms with Crippen molar-refractivity contribution in [2.24, 2.45) is 0 Å². The summed E-state index contributed by atoms with van der Waals surface area (Å²) >= 11 is 2.54. The minimum Gasteiger partial charge on any atom is -0.480 e. The summed E-state index contributed by atoms with van der Waals surface area (Å²) in [6.07, 6.45) is 5.26. The molecule has 3 heterocycles. The number of nitrogens with zero attached hydrogens (tertiary/aromatic N) is 4. The Bertz CT molecular complexity index is 1520. The number of carbonyl (C=O) groups is 1. The van der Waals surface area contributed by atoms with Gasteiger partial charge in [-0.3, -0.25) is 14.2 Å². The van der Waals surface area contributed by atoms with E-state index in [4.69, 9.17) is 0 Å². The highest BCUT2D eigenvalue weighted by Crippen LogP contribution is 2.53. The van der Waals surface area contributed by atoms with Crippen molar-refractivity contribution >= 4 is 51.0 Å². The van der Waals surface area contributed by atoms with E-state index in [1.807, 2.05) is 6.07 Å². The van der Waals surface area contributed by atoms with Crippen LogP contribution in [0.25, 0.3) is 11.6 Å². The van der Waals surface area contributed by atoms with Crippen molar-refractivity contribution in [3.63, 3.8) is 0 Å². The molecule has 2 atom stereocenters. The van der Waals surface area contributed by atoms with E-state index in [0.29, 0.717) is 16.5 Å². The third kappa shape index (κ3) is 3.56. The van der Waals surface area contributed by atoms with Crippen LogP contribution in [0.3, 0.4) is 0 Å². The van der Waals surface area contributed by atoms with Crippen LogP contribution in [0.4, 0.5) is 10.7 Å². The molecule has 3 aromatic rings. The maximum atomic E-state index is 12.9. The van der Waals surface area contributed by atoms with Crippen molar-refractivity contribution in [3.05, 3.63) is 66.4 Å². The molecule has 0 bridgehead atoms. The first kappa shape index (κ1) is 21.2. The Labute approximate surface area is 197 Å². The van der Waals surface area contributed by atoms with Gasteiger partial charge in [-0.05, 0) is 42.7 Å². The van der Waals surface area contributed by atoms with E-state index in [1.54, 1.807) is 29.6 Å². The van der Waals surface area contributed by atoms with Gasteiger partial charge in [0.15, 0.2) is 5.57 Å². The van der Waals surface area contributed by atoms with Crippen LogP contribution in [-0.2, 0) is 11.3 Å². The average Bonchev–Trinajstić information content (AvgIpc) is 3.56. The number of thiazole rings is 1. The largest absolute Gasteiger partial charge is 0.480 e. The molecule has 0 amide bonds. The Morgan fingerprint density at radius 3 is 2.70 bits per heavy atom. The third-order valence-electron chi connectivity index (χ3n) is 6.17. The Kier molecular flexibility index (Phi) is 5.37. The first-order valence-electron chi connectivity index (χ1n) is 10.5. The molecule has 1 aliphatic carbocycles. The van der Waals surface area contributed by atoms with E-state index in [-0.39, 0.29) is 10.2 Å². The zero-order valence-electron chi connectivity index (χ0n) is 17.4. The molecule has 0 radical (unpaired) electrons. The summed E-state index contributed by atoms with van der Waals surface area (Å²) in [4.78, 5) is 27.4. The minimum atomic E-state index is -1.21. The van der Waals surface area contributed by atoms with Gasteiger partial charge in [-0.25, -0.2) is 0 Å². The summed E-state index contributed by atoms with van der Waals surface area (Å²) in [6.45, 7) is -0.602. The van der Waals surface area contributed by atoms with Crippen LogP contribution < -0.4 is 19.7 Å². The van der Waals surface area contributed by atoms with Gasteiger partial charge in [0.25, 0.3) is 5.56 Å². The molecule has 1 aromatic carbocycles. The van der Waals surface area contributed by atoms with E-state index in [2.05, 4.69) is 35.2 Å². The van der Waals surface area contributed by atoms with Crippen LogP contribution >= 0.6 is 22.7 Å². The number of carboxylic acids is 1. The molecule has 1 fully saturated rings. The molecule has 0 spiro atoms. The molecular weight excluding hydrogens is 456 g/mol. The highest BCUT2D eigenvalue weighted by molar-refractivity contribution is 7.17. The van der Waals surface area contributed by atoms with Gasteiger partial charge in [0.1, 0.15) is 23.3 Å². The van der Waals surface area contributed by atoms with Crippen molar-refractivity contribution < 1.29 is 9.90 Å². The normalized spacial score (nSPS) is 19.1. The molecule has 1 N–H and O–H groups in total. The van der Waals surface area contributed by atoms with Gasteiger partial charge in [-0.1, -0.05) is 24.6 Å². The van der Waals surface area contributed by atoms with E-state index in [9.17, 15) is 25.2 Å². The predicted octanol–water partition coefficient (Wildman–Crippen LogP) is 2.87. The van der Waals surface area contributed by atoms with Crippen LogP contribution in [0, 0.1) is 22.7 Å². The lowest BCUT2D eigenvalue weighted by Crippen LogP contribution is -2.34. The molecule has 1 saturated carbocycles. The highest BCUT2D eigenvalue weighted by atomic mass is 32.1. The summed E-state index contributed by atoms with van der Waals surface area (Å²) in [6, 6.07) is 16.5. The van der Waals surface area contributed by atoms with Crippen LogP contribution in [0.1, 0.15) is 35.6 Å².